The van der Waals surface area contributed by atoms with Crippen molar-refractivity contribution >= 4 is 22.9 Å². The summed E-state index contributed by atoms with van der Waals surface area (Å²) >= 11 is 1.67. The molecule has 11 heteroatoms. The number of aromatic nitrogens is 3. The number of carbonyl (C=O) groups is 1. The molecule has 4 N–H and O–H groups in total. The van der Waals surface area contributed by atoms with Crippen LogP contribution in [0.2, 0.25) is 0 Å². The topological polar surface area (TPSA) is 150 Å². The smallest absolute Gasteiger partial charge is 0.270 e. The predicted octanol–water partition coefficient (Wildman–Crippen LogP) is 2.46. The molecule has 0 bridgehead atoms. The molecule has 36 heavy (non-hydrogen) atoms. The first-order chi connectivity index (χ1) is 17.5. The summed E-state index contributed by atoms with van der Waals surface area (Å²) in [6, 6.07) is 9.14. The number of pyridine rings is 2. The van der Waals surface area contributed by atoms with Gasteiger partial charge in [-0.05, 0) is 57.0 Å². The van der Waals surface area contributed by atoms with Crippen molar-refractivity contribution < 1.29 is 14.6 Å². The second-order valence-electron chi connectivity index (χ2n) is 8.78. The van der Waals surface area contributed by atoms with Crippen LogP contribution >= 0.6 is 11.3 Å². The van der Waals surface area contributed by atoms with Crippen LogP contribution in [0.15, 0.2) is 36.7 Å². The molecule has 4 heterocycles. The Bertz CT molecular complexity index is 1220. The maximum Gasteiger partial charge on any atom is 0.270 e. The standard InChI is InChI=1S/C25H29N7O3S/c1-16(15-33)35-24-19(11-26)20(27)10-22(31-24)23(34)29-12-17-5-8-32(9-6-17)14-18-13-30-25(36-18)21-4-2-3-7-28-21/h2-4,7,10,13,16-17,33H,5-6,8-9,12,14-15H2,1H3,(H2,27,31)(H,29,34)/t16-/m0/s1. The number of nitrogens with two attached hydrogens (primary N) is 1. The lowest BCUT2D eigenvalue weighted by Gasteiger charge is -2.31. The Hall–Kier alpha value is -3.59. The van der Waals surface area contributed by atoms with Gasteiger partial charge in [0.05, 0.1) is 18.0 Å². The summed E-state index contributed by atoms with van der Waals surface area (Å²) in [5.41, 5.74) is 7.08. The van der Waals surface area contributed by atoms with E-state index in [0.29, 0.717) is 12.5 Å². The van der Waals surface area contributed by atoms with E-state index in [-0.39, 0.29) is 35.3 Å². The molecule has 1 saturated heterocycles. The van der Waals surface area contributed by atoms with Gasteiger partial charge in [-0.2, -0.15) is 5.26 Å². The number of hydrogen-bond acceptors (Lipinski definition) is 10. The number of carbonyl (C=O) groups excluding carboxylic acids is 1. The van der Waals surface area contributed by atoms with E-state index in [9.17, 15) is 15.2 Å². The monoisotopic (exact) mass is 507 g/mol. The van der Waals surface area contributed by atoms with Gasteiger partial charge in [0.25, 0.3) is 5.91 Å². The molecule has 0 radical (unpaired) electrons. The Morgan fingerprint density at radius 1 is 1.39 bits per heavy atom. The molecule has 0 spiro atoms. The summed E-state index contributed by atoms with van der Waals surface area (Å²) in [4.78, 5) is 29.4. The highest BCUT2D eigenvalue weighted by atomic mass is 32.1. The number of piperidine rings is 1. The molecule has 4 rings (SSSR count). The lowest BCUT2D eigenvalue weighted by molar-refractivity contribution is 0.0926. The van der Waals surface area contributed by atoms with Gasteiger partial charge in [-0.3, -0.25) is 14.7 Å². The van der Waals surface area contributed by atoms with Crippen molar-refractivity contribution in [1.29, 1.82) is 5.26 Å². The summed E-state index contributed by atoms with van der Waals surface area (Å²) in [6.45, 7) is 4.64. The summed E-state index contributed by atoms with van der Waals surface area (Å²) in [6.07, 6.45) is 5.06. The molecule has 0 saturated carbocycles. The predicted molar refractivity (Wildman–Crippen MR) is 136 cm³/mol. The van der Waals surface area contributed by atoms with Crippen molar-refractivity contribution in [3.05, 3.63) is 52.8 Å². The molecular weight excluding hydrogens is 478 g/mol. The number of rotatable bonds is 9. The SMILES string of the molecule is C[C@@H](CO)Oc1nc(C(=O)NCC2CCN(Cc3cnc(-c4ccccn4)s3)CC2)cc(N)c1C#N. The minimum Gasteiger partial charge on any atom is -0.471 e. The molecule has 0 unspecified atom stereocenters. The Labute approximate surface area is 213 Å². The van der Waals surface area contributed by atoms with E-state index >= 15 is 0 Å². The van der Waals surface area contributed by atoms with E-state index in [1.54, 1.807) is 24.5 Å². The summed E-state index contributed by atoms with van der Waals surface area (Å²) in [7, 11) is 0. The number of hydrogen-bond donors (Lipinski definition) is 3. The molecular formula is C25H29N7O3S. The first-order valence-electron chi connectivity index (χ1n) is 11.8. The fourth-order valence-corrected chi connectivity index (χ4v) is 4.90. The maximum atomic E-state index is 12.7. The first kappa shape index (κ1) is 25.5. The summed E-state index contributed by atoms with van der Waals surface area (Å²) in [5.74, 6) is -0.0646. The fraction of sp³-hybridized carbons (Fsp3) is 0.400. The fourth-order valence-electron chi connectivity index (χ4n) is 3.97. The van der Waals surface area contributed by atoms with Crippen molar-refractivity contribution in [2.75, 3.05) is 32.0 Å². The Kier molecular flexibility index (Phi) is 8.43. The van der Waals surface area contributed by atoms with Crippen LogP contribution in [0.1, 0.15) is 40.7 Å². The number of nitrogens with one attached hydrogen (secondary N) is 1. The summed E-state index contributed by atoms with van der Waals surface area (Å²) in [5, 5.41) is 22.4. The number of nitriles is 1. The molecule has 1 amide bonds. The number of likely N-dealkylation sites (tertiary alicyclic amines) is 1. The average Bonchev–Trinajstić information content (AvgIpc) is 3.37. The van der Waals surface area contributed by atoms with Gasteiger partial charge < -0.3 is 20.9 Å². The van der Waals surface area contributed by atoms with Crippen LogP contribution in [0.4, 0.5) is 5.69 Å². The van der Waals surface area contributed by atoms with Gasteiger partial charge in [0.2, 0.25) is 5.88 Å². The third kappa shape index (κ3) is 6.34. The van der Waals surface area contributed by atoms with Crippen molar-refractivity contribution in [3.63, 3.8) is 0 Å². The zero-order valence-corrected chi connectivity index (χ0v) is 20.9. The number of anilines is 1. The van der Waals surface area contributed by atoms with Gasteiger partial charge in [-0.25, -0.2) is 9.97 Å². The van der Waals surface area contributed by atoms with E-state index in [0.717, 1.165) is 43.2 Å². The largest absolute Gasteiger partial charge is 0.471 e. The minimum absolute atomic E-state index is 0.0484. The van der Waals surface area contributed by atoms with E-state index in [2.05, 4.69) is 25.2 Å². The van der Waals surface area contributed by atoms with Gasteiger partial charge >= 0.3 is 0 Å². The van der Waals surface area contributed by atoms with Crippen molar-refractivity contribution in [2.45, 2.75) is 32.4 Å². The third-order valence-corrected chi connectivity index (χ3v) is 7.01. The third-order valence-electron chi connectivity index (χ3n) is 6.01. The highest BCUT2D eigenvalue weighted by Crippen LogP contribution is 2.26. The van der Waals surface area contributed by atoms with Crippen molar-refractivity contribution in [3.8, 4) is 22.7 Å². The number of ether oxygens (including phenoxy) is 1. The molecule has 1 aliphatic rings. The second kappa shape index (κ2) is 11.9. The van der Waals surface area contributed by atoms with Crippen LogP contribution in [0.5, 0.6) is 5.88 Å². The van der Waals surface area contributed by atoms with Crippen LogP contribution in [-0.4, -0.2) is 63.2 Å². The molecule has 0 aliphatic carbocycles. The number of amides is 1. The van der Waals surface area contributed by atoms with E-state index in [1.807, 2.05) is 30.5 Å². The molecule has 10 nitrogen and oxygen atoms in total. The van der Waals surface area contributed by atoms with E-state index < -0.39 is 6.10 Å². The molecule has 3 aromatic rings. The van der Waals surface area contributed by atoms with Gasteiger partial charge in [0, 0.05) is 30.4 Å². The van der Waals surface area contributed by atoms with E-state index in [1.165, 1.54) is 10.9 Å². The zero-order valence-electron chi connectivity index (χ0n) is 20.1. The van der Waals surface area contributed by atoms with Crippen LogP contribution in [0.3, 0.4) is 0 Å². The van der Waals surface area contributed by atoms with E-state index in [4.69, 9.17) is 10.5 Å². The van der Waals surface area contributed by atoms with Gasteiger partial charge in [0.1, 0.15) is 28.4 Å². The maximum absolute atomic E-state index is 12.7. The molecule has 1 aliphatic heterocycles. The number of thiazole rings is 1. The number of nitrogens with zero attached hydrogens (tertiary/aromatic N) is 5. The van der Waals surface area contributed by atoms with Crippen LogP contribution in [0, 0.1) is 17.2 Å². The van der Waals surface area contributed by atoms with Crippen LogP contribution in [0.25, 0.3) is 10.7 Å². The van der Waals surface area contributed by atoms with Crippen molar-refractivity contribution in [1.82, 2.24) is 25.2 Å². The molecule has 1 atom stereocenters. The van der Waals surface area contributed by atoms with Gasteiger partial charge in [-0.15, -0.1) is 11.3 Å². The highest BCUT2D eigenvalue weighted by molar-refractivity contribution is 7.14. The lowest BCUT2D eigenvalue weighted by atomic mass is 9.96. The zero-order chi connectivity index (χ0) is 25.5. The Morgan fingerprint density at radius 3 is 2.89 bits per heavy atom. The molecule has 3 aromatic heterocycles. The average molecular weight is 508 g/mol. The van der Waals surface area contributed by atoms with Crippen molar-refractivity contribution in [2.24, 2.45) is 5.92 Å². The lowest BCUT2D eigenvalue weighted by Crippen LogP contribution is -2.38. The number of aliphatic hydroxyl groups is 1. The second-order valence-corrected chi connectivity index (χ2v) is 9.89. The number of aliphatic hydroxyl groups excluding tert-OH is 1. The summed E-state index contributed by atoms with van der Waals surface area (Å²) < 4.78 is 5.48. The molecule has 1 fully saturated rings. The molecule has 0 aromatic carbocycles. The number of nitrogen functional groups attached to an aromatic ring is 1. The van der Waals surface area contributed by atoms with Gasteiger partial charge in [-0.1, -0.05) is 6.07 Å². The Morgan fingerprint density at radius 2 is 2.19 bits per heavy atom. The highest BCUT2D eigenvalue weighted by Gasteiger charge is 2.22. The quantitative estimate of drug-likeness (QED) is 0.397. The normalized spacial score (nSPS) is 15.2. The molecule has 188 valence electrons. The minimum atomic E-state index is -0.584. The van der Waals surface area contributed by atoms with Crippen LogP contribution < -0.4 is 15.8 Å². The first-order valence-corrected chi connectivity index (χ1v) is 12.6. The van der Waals surface area contributed by atoms with Gasteiger partial charge in [0.15, 0.2) is 0 Å². The van der Waals surface area contributed by atoms with Crippen LogP contribution in [-0.2, 0) is 6.54 Å². The Balaban J connectivity index is 1.27.